The lowest BCUT2D eigenvalue weighted by Gasteiger charge is -2.17. The molecule has 1 atom stereocenters. The summed E-state index contributed by atoms with van der Waals surface area (Å²) in [7, 11) is 0. The number of nitrogens with zero attached hydrogens (tertiary/aromatic N) is 1. The SMILES string of the molecule is CCOC(=O)C(C)(C#N)NC=O. The Hall–Kier alpha value is -1.57. The molecule has 0 rings (SSSR count). The lowest BCUT2D eigenvalue weighted by molar-refractivity contribution is -0.148. The predicted octanol–water partition coefficient (Wildman–Crippen LogP) is -0.422. The van der Waals surface area contributed by atoms with Gasteiger partial charge >= 0.3 is 5.97 Å². The third kappa shape index (κ3) is 2.23. The molecular weight excluding hydrogens is 160 g/mol. The molecule has 0 fully saturated rings. The van der Waals surface area contributed by atoms with Gasteiger partial charge < -0.3 is 10.1 Å². The Labute approximate surface area is 70.3 Å². The van der Waals surface area contributed by atoms with E-state index in [0.717, 1.165) is 0 Å². The van der Waals surface area contributed by atoms with Crippen LogP contribution in [0.3, 0.4) is 0 Å². The summed E-state index contributed by atoms with van der Waals surface area (Å²) in [6.45, 7) is 3.08. The van der Waals surface area contributed by atoms with Crippen LogP contribution in [-0.2, 0) is 14.3 Å². The van der Waals surface area contributed by atoms with Crippen molar-refractivity contribution in [2.75, 3.05) is 6.61 Å². The van der Waals surface area contributed by atoms with Gasteiger partial charge in [-0.3, -0.25) is 4.79 Å². The highest BCUT2D eigenvalue weighted by atomic mass is 16.5. The van der Waals surface area contributed by atoms with Crippen molar-refractivity contribution in [1.82, 2.24) is 5.32 Å². The number of ether oxygens (including phenoxy) is 1. The zero-order valence-corrected chi connectivity index (χ0v) is 6.96. The summed E-state index contributed by atoms with van der Waals surface area (Å²) in [4.78, 5) is 21.0. The molecule has 0 aliphatic carbocycles. The van der Waals surface area contributed by atoms with E-state index in [0.29, 0.717) is 6.41 Å². The van der Waals surface area contributed by atoms with Crippen LogP contribution in [0.25, 0.3) is 0 Å². The van der Waals surface area contributed by atoms with Crippen LogP contribution < -0.4 is 5.32 Å². The van der Waals surface area contributed by atoms with E-state index in [-0.39, 0.29) is 6.61 Å². The average Bonchev–Trinajstić information content (AvgIpc) is 2.05. The quantitative estimate of drug-likeness (QED) is 0.459. The topological polar surface area (TPSA) is 79.2 Å². The summed E-state index contributed by atoms with van der Waals surface area (Å²) < 4.78 is 4.57. The summed E-state index contributed by atoms with van der Waals surface area (Å²) in [5.41, 5.74) is -1.57. The minimum Gasteiger partial charge on any atom is -0.463 e. The molecule has 0 aromatic rings. The Morgan fingerprint density at radius 1 is 1.83 bits per heavy atom. The average molecular weight is 170 g/mol. The fourth-order valence-electron chi connectivity index (χ4n) is 0.530. The van der Waals surface area contributed by atoms with E-state index in [1.807, 2.05) is 0 Å². The van der Waals surface area contributed by atoms with E-state index in [4.69, 9.17) is 5.26 Å². The maximum Gasteiger partial charge on any atom is 0.346 e. The second-order valence-electron chi connectivity index (χ2n) is 2.22. The van der Waals surface area contributed by atoms with Gasteiger partial charge in [0, 0.05) is 0 Å². The van der Waals surface area contributed by atoms with Gasteiger partial charge in [-0.15, -0.1) is 0 Å². The third-order valence-electron chi connectivity index (χ3n) is 1.25. The van der Waals surface area contributed by atoms with Gasteiger partial charge in [0.1, 0.15) is 6.07 Å². The van der Waals surface area contributed by atoms with Crippen molar-refractivity contribution in [1.29, 1.82) is 5.26 Å². The van der Waals surface area contributed by atoms with Gasteiger partial charge in [-0.1, -0.05) is 0 Å². The van der Waals surface area contributed by atoms with Crippen LogP contribution in [0.5, 0.6) is 0 Å². The van der Waals surface area contributed by atoms with Crippen molar-refractivity contribution in [2.24, 2.45) is 0 Å². The Balaban J connectivity index is 4.42. The molecule has 0 saturated heterocycles. The van der Waals surface area contributed by atoms with Crippen molar-refractivity contribution in [3.05, 3.63) is 0 Å². The molecule has 0 saturated carbocycles. The molecule has 0 aliphatic heterocycles. The van der Waals surface area contributed by atoms with E-state index in [1.165, 1.54) is 6.92 Å². The van der Waals surface area contributed by atoms with Crippen LogP contribution in [0.4, 0.5) is 0 Å². The van der Waals surface area contributed by atoms with Gasteiger partial charge in [-0.05, 0) is 13.8 Å². The maximum absolute atomic E-state index is 11.0. The van der Waals surface area contributed by atoms with Crippen LogP contribution in [0.15, 0.2) is 0 Å². The van der Waals surface area contributed by atoms with Gasteiger partial charge in [0.2, 0.25) is 11.9 Å². The summed E-state index contributed by atoms with van der Waals surface area (Å²) in [6.07, 6.45) is 0.292. The summed E-state index contributed by atoms with van der Waals surface area (Å²) in [5, 5.41) is 10.6. The van der Waals surface area contributed by atoms with Crippen LogP contribution in [0.1, 0.15) is 13.8 Å². The first-order valence-corrected chi connectivity index (χ1v) is 3.40. The highest BCUT2D eigenvalue weighted by molar-refractivity contribution is 5.86. The molecule has 0 aliphatic rings. The van der Waals surface area contributed by atoms with E-state index in [1.54, 1.807) is 13.0 Å². The number of nitriles is 1. The number of nitrogens with one attached hydrogen (secondary N) is 1. The third-order valence-corrected chi connectivity index (χ3v) is 1.25. The fraction of sp³-hybridized carbons (Fsp3) is 0.571. The van der Waals surface area contributed by atoms with E-state index < -0.39 is 11.5 Å². The normalized spacial score (nSPS) is 13.8. The van der Waals surface area contributed by atoms with Gasteiger partial charge in [0.25, 0.3) is 0 Å². The second-order valence-corrected chi connectivity index (χ2v) is 2.22. The molecule has 0 aromatic heterocycles. The van der Waals surface area contributed by atoms with Gasteiger partial charge in [-0.25, -0.2) is 4.79 Å². The number of rotatable bonds is 4. The van der Waals surface area contributed by atoms with E-state index in [9.17, 15) is 9.59 Å². The highest BCUT2D eigenvalue weighted by Crippen LogP contribution is 2.03. The molecule has 1 unspecified atom stereocenters. The molecule has 5 heteroatoms. The molecule has 0 radical (unpaired) electrons. The smallest absolute Gasteiger partial charge is 0.346 e. The number of esters is 1. The van der Waals surface area contributed by atoms with Gasteiger partial charge in [0.15, 0.2) is 0 Å². The van der Waals surface area contributed by atoms with Crippen LogP contribution >= 0.6 is 0 Å². The first-order chi connectivity index (χ1) is 5.60. The van der Waals surface area contributed by atoms with E-state index in [2.05, 4.69) is 10.1 Å². The largest absolute Gasteiger partial charge is 0.463 e. The number of hydrogen-bond acceptors (Lipinski definition) is 4. The lowest BCUT2D eigenvalue weighted by Crippen LogP contribution is -2.48. The number of amides is 1. The Morgan fingerprint density at radius 3 is 2.75 bits per heavy atom. The summed E-state index contributed by atoms with van der Waals surface area (Å²) in [5.74, 6) is -0.750. The number of hydrogen-bond donors (Lipinski definition) is 1. The fourth-order valence-corrected chi connectivity index (χ4v) is 0.530. The minimum absolute atomic E-state index is 0.177. The molecule has 0 heterocycles. The van der Waals surface area contributed by atoms with Crippen LogP contribution in [0.2, 0.25) is 0 Å². The predicted molar refractivity (Wildman–Crippen MR) is 39.9 cm³/mol. The van der Waals surface area contributed by atoms with Crippen LogP contribution in [0, 0.1) is 11.3 Å². The van der Waals surface area contributed by atoms with E-state index >= 15 is 0 Å². The molecule has 0 bridgehead atoms. The standard InChI is InChI=1S/C7H10N2O3/c1-3-12-6(11)7(2,4-8)9-5-10/h5H,3H2,1-2H3,(H,9,10). The number of carbonyl (C=O) groups is 2. The Morgan fingerprint density at radius 2 is 2.42 bits per heavy atom. The van der Waals surface area contributed by atoms with Crippen molar-refractivity contribution in [3.63, 3.8) is 0 Å². The zero-order chi connectivity index (χ0) is 9.61. The molecular formula is C7H10N2O3. The molecule has 5 nitrogen and oxygen atoms in total. The molecule has 1 amide bonds. The second kappa shape index (κ2) is 4.34. The number of carbonyl (C=O) groups excluding carboxylic acids is 2. The Kier molecular flexibility index (Phi) is 3.77. The first-order valence-electron chi connectivity index (χ1n) is 3.40. The lowest BCUT2D eigenvalue weighted by atomic mass is 10.1. The summed E-state index contributed by atoms with van der Waals surface area (Å²) in [6, 6.07) is 1.65. The van der Waals surface area contributed by atoms with Crippen LogP contribution in [-0.4, -0.2) is 24.5 Å². The van der Waals surface area contributed by atoms with Crippen molar-refractivity contribution >= 4 is 12.4 Å². The summed E-state index contributed by atoms with van der Waals surface area (Å²) >= 11 is 0. The van der Waals surface area contributed by atoms with Gasteiger partial charge in [-0.2, -0.15) is 5.26 Å². The monoisotopic (exact) mass is 170 g/mol. The molecule has 0 spiro atoms. The molecule has 1 N–H and O–H groups in total. The van der Waals surface area contributed by atoms with Crippen molar-refractivity contribution < 1.29 is 14.3 Å². The van der Waals surface area contributed by atoms with Crippen molar-refractivity contribution in [3.8, 4) is 6.07 Å². The van der Waals surface area contributed by atoms with Gasteiger partial charge in [0.05, 0.1) is 6.61 Å². The highest BCUT2D eigenvalue weighted by Gasteiger charge is 2.34. The first kappa shape index (κ1) is 10.4. The molecule has 0 aromatic carbocycles. The minimum atomic E-state index is -1.57. The molecule has 12 heavy (non-hydrogen) atoms. The Bertz CT molecular complexity index is 221. The zero-order valence-electron chi connectivity index (χ0n) is 6.96. The molecule has 66 valence electrons. The van der Waals surface area contributed by atoms with Crippen molar-refractivity contribution in [2.45, 2.75) is 19.4 Å². The maximum atomic E-state index is 11.0.